The summed E-state index contributed by atoms with van der Waals surface area (Å²) in [5.41, 5.74) is 9.19. The van der Waals surface area contributed by atoms with Gasteiger partial charge in [0.05, 0.1) is 12.1 Å². The summed E-state index contributed by atoms with van der Waals surface area (Å²) < 4.78 is 6.15. The molecule has 0 spiro atoms. The average molecular weight is 327 g/mol. The van der Waals surface area contributed by atoms with Crippen molar-refractivity contribution >= 4 is 25.9 Å². The zero-order valence-corrected chi connectivity index (χ0v) is 14.3. The summed E-state index contributed by atoms with van der Waals surface area (Å²) in [6.45, 7) is 8.01. The van der Waals surface area contributed by atoms with Gasteiger partial charge in [0.25, 0.3) is 0 Å². The summed E-state index contributed by atoms with van der Waals surface area (Å²) in [4.78, 5) is 13.9. The molecule has 0 unspecified atom stereocenters. The number of azide groups is 1. The van der Waals surface area contributed by atoms with Crippen molar-refractivity contribution in [3.05, 3.63) is 45.3 Å². The van der Waals surface area contributed by atoms with Gasteiger partial charge in [0.2, 0.25) is 0 Å². The zero-order valence-electron chi connectivity index (χ0n) is 12.5. The molecule has 0 aromatic heterocycles. The molecule has 21 heavy (non-hydrogen) atoms. The Bertz CT molecular complexity index is 538. The molecule has 1 rings (SSSR count). The Morgan fingerprint density at radius 1 is 1.38 bits per heavy atom. The number of carbonyl (C=O) groups is 1. The first-order valence-electron chi connectivity index (χ1n) is 6.52. The number of nitrogens with one attached hydrogen (secondary N) is 1. The van der Waals surface area contributed by atoms with Crippen molar-refractivity contribution in [2.75, 3.05) is 0 Å². The number of nitrogens with zero attached hydrogens (tertiary/aromatic N) is 3. The molecule has 1 aromatic rings. The number of benzene rings is 1. The number of urea groups is 1. The molecule has 0 radical (unpaired) electrons. The van der Waals surface area contributed by atoms with E-state index in [1.807, 2.05) is 19.1 Å². The van der Waals surface area contributed by atoms with Crippen LogP contribution >= 0.6 is 11.6 Å². The Kier molecular flexibility index (Phi) is 6.23. The van der Waals surface area contributed by atoms with Crippen LogP contribution in [-0.4, -0.2) is 20.4 Å². The van der Waals surface area contributed by atoms with E-state index < -0.39 is 14.3 Å². The highest BCUT2D eigenvalue weighted by molar-refractivity contribution is 6.69. The number of hydrogen-bond acceptors (Lipinski definition) is 2. The van der Waals surface area contributed by atoms with Crippen molar-refractivity contribution < 1.29 is 9.22 Å². The van der Waals surface area contributed by atoms with Crippen LogP contribution < -0.4 is 5.32 Å². The molecule has 0 aliphatic heterocycles. The largest absolute Gasteiger partial charge is 0.409 e. The van der Waals surface area contributed by atoms with E-state index >= 15 is 0 Å². The molecule has 1 N–H and O–H groups in total. The third-order valence-electron chi connectivity index (χ3n) is 2.62. The van der Waals surface area contributed by atoms with Crippen LogP contribution in [0.3, 0.4) is 0 Å². The van der Waals surface area contributed by atoms with Crippen LogP contribution in [0.1, 0.15) is 18.6 Å². The lowest BCUT2D eigenvalue weighted by Crippen LogP contribution is -2.40. The van der Waals surface area contributed by atoms with Gasteiger partial charge >= 0.3 is 6.03 Å². The predicted molar refractivity (Wildman–Crippen MR) is 85.8 cm³/mol. The van der Waals surface area contributed by atoms with Crippen LogP contribution in [0.4, 0.5) is 4.79 Å². The normalized spacial score (nSPS) is 14.0. The van der Waals surface area contributed by atoms with Crippen LogP contribution in [0.15, 0.2) is 29.4 Å². The highest BCUT2D eigenvalue weighted by Crippen LogP contribution is 2.27. The SMILES string of the molecule is C[C@@H](NC(=O)N=[N+]=[N-])[C@H](O[Si](C)(C)C)c1ccc(Cl)cc1. The highest BCUT2D eigenvalue weighted by atomic mass is 35.5. The van der Waals surface area contributed by atoms with E-state index in [0.717, 1.165) is 5.56 Å². The smallest absolute Gasteiger partial charge is 0.308 e. The van der Waals surface area contributed by atoms with Gasteiger partial charge in [-0.2, -0.15) is 0 Å². The second kappa shape index (κ2) is 7.47. The van der Waals surface area contributed by atoms with Crippen LogP contribution in [0, 0.1) is 0 Å². The van der Waals surface area contributed by atoms with Crippen LogP contribution in [0.5, 0.6) is 0 Å². The van der Waals surface area contributed by atoms with Crippen molar-refractivity contribution in [2.24, 2.45) is 5.11 Å². The van der Waals surface area contributed by atoms with E-state index in [2.05, 4.69) is 35.0 Å². The van der Waals surface area contributed by atoms with Crippen LogP contribution in [-0.2, 0) is 4.43 Å². The monoisotopic (exact) mass is 326 g/mol. The lowest BCUT2D eigenvalue weighted by atomic mass is 10.0. The molecular formula is C13H19ClN4O2Si. The molecule has 114 valence electrons. The Morgan fingerprint density at radius 2 is 1.95 bits per heavy atom. The van der Waals surface area contributed by atoms with E-state index in [1.54, 1.807) is 12.1 Å². The molecule has 0 aliphatic rings. The first-order chi connectivity index (χ1) is 9.73. The fraction of sp³-hybridized carbons (Fsp3) is 0.462. The van der Waals surface area contributed by atoms with Gasteiger partial charge < -0.3 is 9.74 Å². The topological polar surface area (TPSA) is 87.1 Å². The maximum Gasteiger partial charge on any atom is 0.308 e. The molecule has 0 saturated carbocycles. The maximum absolute atomic E-state index is 11.4. The first-order valence-corrected chi connectivity index (χ1v) is 10.3. The lowest BCUT2D eigenvalue weighted by molar-refractivity contribution is 0.156. The van der Waals surface area contributed by atoms with E-state index in [4.69, 9.17) is 21.6 Å². The summed E-state index contributed by atoms with van der Waals surface area (Å²) in [7, 11) is -1.84. The Hall–Kier alpha value is -1.53. The van der Waals surface area contributed by atoms with Crippen LogP contribution in [0.25, 0.3) is 10.4 Å². The van der Waals surface area contributed by atoms with Gasteiger partial charge in [0.15, 0.2) is 8.32 Å². The quantitative estimate of drug-likeness (QED) is 0.369. The number of amides is 2. The molecule has 6 nitrogen and oxygen atoms in total. The Morgan fingerprint density at radius 3 is 2.43 bits per heavy atom. The molecule has 0 saturated heterocycles. The fourth-order valence-electron chi connectivity index (χ4n) is 1.83. The first kappa shape index (κ1) is 17.5. The molecular weight excluding hydrogens is 308 g/mol. The van der Waals surface area contributed by atoms with Crippen molar-refractivity contribution in [2.45, 2.75) is 38.7 Å². The zero-order chi connectivity index (χ0) is 16.0. The summed E-state index contributed by atoms with van der Waals surface area (Å²) in [5, 5.41) is 6.27. The van der Waals surface area contributed by atoms with Gasteiger partial charge in [-0.1, -0.05) is 23.7 Å². The number of hydrogen-bond donors (Lipinski definition) is 1. The molecule has 1 aromatic carbocycles. The number of rotatable bonds is 5. The molecule has 0 fully saturated rings. The van der Waals surface area contributed by atoms with Gasteiger partial charge in [-0.05, 0) is 49.8 Å². The number of carbonyl (C=O) groups excluding carboxylic acids is 1. The van der Waals surface area contributed by atoms with Gasteiger partial charge in [-0.3, -0.25) is 4.79 Å². The van der Waals surface area contributed by atoms with Crippen molar-refractivity contribution in [1.82, 2.24) is 5.32 Å². The van der Waals surface area contributed by atoms with Crippen molar-refractivity contribution in [3.63, 3.8) is 0 Å². The average Bonchev–Trinajstić information content (AvgIpc) is 2.36. The van der Waals surface area contributed by atoms with Gasteiger partial charge in [0, 0.05) is 15.0 Å². The number of halogens is 1. The minimum Gasteiger partial charge on any atom is -0.409 e. The van der Waals surface area contributed by atoms with E-state index in [9.17, 15) is 4.79 Å². The Labute approximate surface area is 130 Å². The predicted octanol–water partition coefficient (Wildman–Crippen LogP) is 4.64. The highest BCUT2D eigenvalue weighted by Gasteiger charge is 2.27. The van der Waals surface area contributed by atoms with Crippen molar-refractivity contribution in [3.8, 4) is 0 Å². The molecule has 2 amide bonds. The molecule has 2 atom stereocenters. The van der Waals surface area contributed by atoms with Crippen LogP contribution in [0.2, 0.25) is 24.7 Å². The van der Waals surface area contributed by atoms with E-state index in [-0.39, 0.29) is 12.1 Å². The standard InChI is InChI=1S/C13H19ClN4O2Si/c1-9(16-13(19)17-18-15)12(20-21(2,3)4)10-5-7-11(14)8-6-10/h5-9,12H,1-4H3,(H,16,19)/t9-,12+/m1/s1. The second-order valence-corrected chi connectivity index (χ2v) is 10.5. The van der Waals surface area contributed by atoms with Crippen molar-refractivity contribution in [1.29, 1.82) is 0 Å². The Balaban J connectivity index is 2.98. The molecule has 8 heteroatoms. The maximum atomic E-state index is 11.4. The van der Waals surface area contributed by atoms with Gasteiger partial charge in [0.1, 0.15) is 0 Å². The second-order valence-electron chi connectivity index (χ2n) is 5.63. The summed E-state index contributed by atoms with van der Waals surface area (Å²) >= 11 is 5.90. The van der Waals surface area contributed by atoms with Gasteiger partial charge in [-0.25, -0.2) is 0 Å². The minimum atomic E-state index is -1.84. The summed E-state index contributed by atoms with van der Waals surface area (Å²) in [5.74, 6) is 0. The third kappa shape index (κ3) is 6.18. The third-order valence-corrected chi connectivity index (χ3v) is 3.83. The minimum absolute atomic E-state index is 0.327. The summed E-state index contributed by atoms with van der Waals surface area (Å²) in [6.07, 6.45) is -0.327. The van der Waals surface area contributed by atoms with Gasteiger partial charge in [-0.15, -0.1) is 0 Å². The van der Waals surface area contributed by atoms with E-state index in [1.165, 1.54) is 0 Å². The molecule has 0 aliphatic carbocycles. The lowest BCUT2D eigenvalue weighted by Gasteiger charge is -2.31. The molecule has 0 bridgehead atoms. The van der Waals surface area contributed by atoms with E-state index in [0.29, 0.717) is 5.02 Å². The summed E-state index contributed by atoms with van der Waals surface area (Å²) in [6, 6.07) is 6.23. The fourth-order valence-corrected chi connectivity index (χ4v) is 3.06. The molecule has 0 heterocycles.